The van der Waals surface area contributed by atoms with Crippen LogP contribution in [-0.2, 0) is 14.8 Å². The van der Waals surface area contributed by atoms with E-state index in [0.717, 1.165) is 4.90 Å². The second-order valence-corrected chi connectivity index (χ2v) is 9.72. The van der Waals surface area contributed by atoms with Crippen LogP contribution in [0, 0.1) is 0 Å². The molecule has 28 heavy (non-hydrogen) atoms. The van der Waals surface area contributed by atoms with Crippen molar-refractivity contribution in [2.45, 2.75) is 42.2 Å². The number of hydrogen-bond donors (Lipinski definition) is 1. The first-order chi connectivity index (χ1) is 13.3. The van der Waals surface area contributed by atoms with E-state index < -0.39 is 10.0 Å². The number of nitrogens with one attached hydrogen (secondary N) is 1. The summed E-state index contributed by atoms with van der Waals surface area (Å²) in [7, 11) is -3.51. The second-order valence-electron chi connectivity index (χ2n) is 6.07. The van der Waals surface area contributed by atoms with Gasteiger partial charge in [0, 0.05) is 28.7 Å². The predicted molar refractivity (Wildman–Crippen MR) is 117 cm³/mol. The first-order valence-electron chi connectivity index (χ1n) is 9.15. The highest BCUT2D eigenvalue weighted by Crippen LogP contribution is 2.28. The zero-order valence-electron chi connectivity index (χ0n) is 16.2. The van der Waals surface area contributed by atoms with Crippen molar-refractivity contribution < 1.29 is 13.2 Å². The summed E-state index contributed by atoms with van der Waals surface area (Å²) in [6.07, 6.45) is 0.660. The highest BCUT2D eigenvalue weighted by Gasteiger charge is 2.22. The third kappa shape index (κ3) is 5.73. The Kier molecular flexibility index (Phi) is 8.37. The zero-order valence-corrected chi connectivity index (χ0v) is 18.6. The maximum absolute atomic E-state index is 12.6. The second kappa shape index (κ2) is 10.3. The smallest absolute Gasteiger partial charge is 0.243 e. The third-order valence-corrected chi connectivity index (χ3v) is 7.91. The van der Waals surface area contributed by atoms with Crippen LogP contribution in [0.4, 0.5) is 5.69 Å². The molecule has 0 aliphatic rings. The number of thioether (sulfide) groups is 1. The number of halogens is 1. The molecule has 2 aromatic carbocycles. The number of hydrogen-bond acceptors (Lipinski definition) is 4. The molecule has 0 unspecified atom stereocenters. The van der Waals surface area contributed by atoms with Crippen molar-refractivity contribution in [1.82, 2.24) is 4.31 Å². The van der Waals surface area contributed by atoms with Gasteiger partial charge in [0.25, 0.3) is 0 Å². The van der Waals surface area contributed by atoms with Gasteiger partial charge in [0.2, 0.25) is 15.9 Å². The molecule has 0 bridgehead atoms. The average molecular weight is 441 g/mol. The number of rotatable bonds is 9. The van der Waals surface area contributed by atoms with Crippen LogP contribution in [0.25, 0.3) is 0 Å². The quantitative estimate of drug-likeness (QED) is 0.564. The van der Waals surface area contributed by atoms with Gasteiger partial charge in [-0.3, -0.25) is 4.79 Å². The molecule has 1 amide bonds. The molecule has 0 radical (unpaired) electrons. The molecule has 8 heteroatoms. The lowest BCUT2D eigenvalue weighted by atomic mass is 10.3. The summed E-state index contributed by atoms with van der Waals surface area (Å²) >= 11 is 7.37. The molecule has 152 valence electrons. The number of anilines is 1. The molecule has 1 atom stereocenters. The normalized spacial score (nSPS) is 12.8. The fraction of sp³-hybridized carbons (Fsp3) is 0.350. The summed E-state index contributed by atoms with van der Waals surface area (Å²) in [5.41, 5.74) is 0.568. The molecule has 0 spiro atoms. The molecule has 0 saturated carbocycles. The van der Waals surface area contributed by atoms with Crippen molar-refractivity contribution in [1.29, 1.82) is 0 Å². The molecule has 0 saturated heterocycles. The summed E-state index contributed by atoms with van der Waals surface area (Å²) in [5.74, 6) is -0.123. The zero-order chi connectivity index (χ0) is 20.7. The van der Waals surface area contributed by atoms with Gasteiger partial charge in [-0.05, 0) is 55.0 Å². The van der Waals surface area contributed by atoms with Crippen LogP contribution >= 0.6 is 23.4 Å². The molecular formula is C20H25ClN2O3S2. The standard InChI is InChI=1S/C20H25ClN2O3S2/c1-4-19(27-17-11-7-15(21)8-12-17)20(24)22-16-9-13-18(14-10-16)28(25,26)23(5-2)6-3/h7-14,19H,4-6H2,1-3H3,(H,22,24)/t19-/m1/s1. The van der Waals surface area contributed by atoms with Crippen LogP contribution in [0.3, 0.4) is 0 Å². The van der Waals surface area contributed by atoms with E-state index in [9.17, 15) is 13.2 Å². The molecular weight excluding hydrogens is 416 g/mol. The molecule has 0 aliphatic carbocycles. The molecule has 1 N–H and O–H groups in total. The Morgan fingerprint density at radius 2 is 1.61 bits per heavy atom. The Morgan fingerprint density at radius 3 is 2.11 bits per heavy atom. The molecule has 5 nitrogen and oxygen atoms in total. The van der Waals surface area contributed by atoms with Crippen molar-refractivity contribution in [3.8, 4) is 0 Å². The first kappa shape index (κ1) is 22.7. The first-order valence-corrected chi connectivity index (χ1v) is 11.8. The highest BCUT2D eigenvalue weighted by molar-refractivity contribution is 8.00. The van der Waals surface area contributed by atoms with Crippen molar-refractivity contribution >= 4 is 45.0 Å². The van der Waals surface area contributed by atoms with E-state index in [-0.39, 0.29) is 16.1 Å². The van der Waals surface area contributed by atoms with Crippen molar-refractivity contribution in [3.63, 3.8) is 0 Å². The van der Waals surface area contributed by atoms with Crippen molar-refractivity contribution in [3.05, 3.63) is 53.6 Å². The lowest BCUT2D eigenvalue weighted by Gasteiger charge is -2.19. The topological polar surface area (TPSA) is 66.5 Å². The van der Waals surface area contributed by atoms with E-state index in [4.69, 9.17) is 11.6 Å². The summed E-state index contributed by atoms with van der Waals surface area (Å²) in [5, 5.41) is 3.26. The van der Waals surface area contributed by atoms with Gasteiger partial charge in [0.05, 0.1) is 10.1 Å². The summed E-state index contributed by atoms with van der Waals surface area (Å²) in [4.78, 5) is 13.8. The molecule has 0 aliphatic heterocycles. The Morgan fingerprint density at radius 1 is 1.04 bits per heavy atom. The van der Waals surface area contributed by atoms with Crippen LogP contribution in [0.5, 0.6) is 0 Å². The SMILES string of the molecule is CC[C@@H](Sc1ccc(Cl)cc1)C(=O)Nc1ccc(S(=O)(=O)N(CC)CC)cc1. The Balaban J connectivity index is 2.07. The summed E-state index contributed by atoms with van der Waals surface area (Å²) < 4.78 is 26.5. The predicted octanol–water partition coefficient (Wildman–Crippen LogP) is 4.88. The summed E-state index contributed by atoms with van der Waals surface area (Å²) in [6.45, 7) is 6.39. The van der Waals surface area contributed by atoms with Gasteiger partial charge < -0.3 is 5.32 Å². The molecule has 2 aromatic rings. The van der Waals surface area contributed by atoms with Gasteiger partial charge in [-0.15, -0.1) is 11.8 Å². The minimum Gasteiger partial charge on any atom is -0.325 e. The molecule has 2 rings (SSSR count). The number of carbonyl (C=O) groups is 1. The van der Waals surface area contributed by atoms with Crippen LogP contribution < -0.4 is 5.32 Å². The lowest BCUT2D eigenvalue weighted by molar-refractivity contribution is -0.115. The van der Waals surface area contributed by atoms with Crippen LogP contribution in [0.2, 0.25) is 5.02 Å². The number of amides is 1. The number of nitrogens with zero attached hydrogens (tertiary/aromatic N) is 1. The van der Waals surface area contributed by atoms with Gasteiger partial charge in [0.1, 0.15) is 0 Å². The van der Waals surface area contributed by atoms with E-state index in [1.165, 1.54) is 28.2 Å². The summed E-state index contributed by atoms with van der Waals surface area (Å²) in [6, 6.07) is 13.6. The maximum atomic E-state index is 12.6. The van der Waals surface area contributed by atoms with Crippen LogP contribution in [0.15, 0.2) is 58.3 Å². The number of carbonyl (C=O) groups excluding carboxylic acids is 1. The van der Waals surface area contributed by atoms with Gasteiger partial charge in [0.15, 0.2) is 0 Å². The molecule has 0 fully saturated rings. The monoisotopic (exact) mass is 440 g/mol. The van der Waals surface area contributed by atoms with Crippen LogP contribution in [0.1, 0.15) is 27.2 Å². The van der Waals surface area contributed by atoms with Crippen molar-refractivity contribution in [2.24, 2.45) is 0 Å². The minimum absolute atomic E-state index is 0.123. The average Bonchev–Trinajstić information content (AvgIpc) is 2.68. The van der Waals surface area contributed by atoms with Crippen molar-refractivity contribution in [2.75, 3.05) is 18.4 Å². The van der Waals surface area contributed by atoms with Gasteiger partial charge >= 0.3 is 0 Å². The fourth-order valence-corrected chi connectivity index (χ4v) is 5.18. The fourth-order valence-electron chi connectivity index (χ4n) is 2.65. The molecule has 0 aromatic heterocycles. The van der Waals surface area contributed by atoms with E-state index in [2.05, 4.69) is 5.32 Å². The van der Waals surface area contributed by atoms with E-state index in [1.54, 1.807) is 38.1 Å². The van der Waals surface area contributed by atoms with Gasteiger partial charge in [-0.25, -0.2) is 8.42 Å². The van der Waals surface area contributed by atoms with E-state index in [0.29, 0.717) is 30.2 Å². The van der Waals surface area contributed by atoms with E-state index >= 15 is 0 Å². The lowest BCUT2D eigenvalue weighted by Crippen LogP contribution is -2.30. The number of benzene rings is 2. The van der Waals surface area contributed by atoms with Gasteiger partial charge in [-0.1, -0.05) is 32.4 Å². The van der Waals surface area contributed by atoms with E-state index in [1.807, 2.05) is 19.1 Å². The minimum atomic E-state index is -3.51. The van der Waals surface area contributed by atoms with Gasteiger partial charge in [-0.2, -0.15) is 4.31 Å². The largest absolute Gasteiger partial charge is 0.325 e. The Labute approximate surface area is 176 Å². The Bertz CT molecular complexity index is 881. The Hall–Kier alpha value is -1.54. The molecule has 0 heterocycles. The number of sulfonamides is 1. The highest BCUT2D eigenvalue weighted by atomic mass is 35.5. The maximum Gasteiger partial charge on any atom is 0.243 e. The third-order valence-electron chi connectivity index (χ3n) is 4.22. The van der Waals surface area contributed by atoms with Crippen LogP contribution in [-0.4, -0.2) is 37.0 Å².